The van der Waals surface area contributed by atoms with Crippen molar-refractivity contribution in [2.45, 2.75) is 54.8 Å². The number of halogens is 1. The average Bonchev–Trinajstić information content (AvgIpc) is 4.14. The number of aromatic carboxylic acids is 3. The summed E-state index contributed by atoms with van der Waals surface area (Å²) < 4.78 is 0.803. The third-order valence-electron chi connectivity index (χ3n) is 13.0. The van der Waals surface area contributed by atoms with Gasteiger partial charge in [0.15, 0.2) is 0 Å². The van der Waals surface area contributed by atoms with Gasteiger partial charge in [0.1, 0.15) is 23.5 Å². The van der Waals surface area contributed by atoms with E-state index in [9.17, 15) is 28.8 Å². The van der Waals surface area contributed by atoms with Gasteiger partial charge in [-0.15, -0.1) is 0 Å². The number of amides is 3. The summed E-state index contributed by atoms with van der Waals surface area (Å²) in [7, 11) is 0. The highest BCUT2D eigenvalue weighted by Gasteiger charge is 2.54. The van der Waals surface area contributed by atoms with Gasteiger partial charge in [0.25, 0.3) is 0 Å². The molecule has 20 heteroatoms. The molecule has 0 radical (unpaired) electrons. The second kappa shape index (κ2) is 15.2. The largest absolute Gasteiger partial charge is 0.478 e. The first-order valence-corrected chi connectivity index (χ1v) is 21.0. The highest BCUT2D eigenvalue weighted by molar-refractivity contribution is 9.10. The molecule has 3 atom stereocenters. The number of carboxylic acids is 3. The summed E-state index contributed by atoms with van der Waals surface area (Å²) in [5, 5.41) is 44.7. The van der Waals surface area contributed by atoms with E-state index in [0.29, 0.717) is 72.8 Å². The highest BCUT2D eigenvalue weighted by Crippen LogP contribution is 2.49. The highest BCUT2D eigenvalue weighted by atomic mass is 79.9. The van der Waals surface area contributed by atoms with Crippen molar-refractivity contribution in [3.63, 3.8) is 0 Å². The maximum atomic E-state index is 12.6. The SMILES string of the molecule is N#Cc1cnc2c(c1)[C@@]1(Cc3cc(C(=O)O)cnc3C1)C(=O)N2.O=C(O)c1cnc2c(c1)C[C@@]1(C2)C(=O)Nc2ncc(Br)cc21.O=C(O)c1cnc2c(c1)C[C@@]1(C2)C(=O)Nc2ncccc21. The third-order valence-corrected chi connectivity index (χ3v) is 13.5. The summed E-state index contributed by atoms with van der Waals surface area (Å²) in [5.41, 5.74) is 5.50. The van der Waals surface area contributed by atoms with E-state index in [-0.39, 0.29) is 34.4 Å². The Morgan fingerprint density at radius 1 is 0.545 bits per heavy atom. The standard InChI is InChI=1S/C16H10N4O3.C15H10BrN3O3.C15H11N3O3/c17-5-8-1-11-13(19-6-8)20-15(23)16(11)3-9-2-10(14(21)22)7-18-12(9)4-16;16-9-2-10-12(18-6-9)19-14(22)15(10)3-7-1-8(13(20)21)5-17-11(7)4-15;19-13(20)9-4-8-5-15(6-11(8)17-7-9)10-2-1-3-16-12(10)18-14(15)21/h1-2,6-7H,3-4H2,(H,21,22)(H,19,20,23);1-2,5-6H,3-4H2,(H,20,21)(H,18,19,22);1-4,7H,5-6H2,(H,19,20)(H,16,18,21)/t16-;2*15-/m000/s1. The Morgan fingerprint density at radius 2 is 0.955 bits per heavy atom. The summed E-state index contributed by atoms with van der Waals surface area (Å²) in [5.74, 6) is -1.85. The Hall–Kier alpha value is -8.31. The quantitative estimate of drug-likeness (QED) is 0.145. The predicted octanol–water partition coefficient (Wildman–Crippen LogP) is 4.12. The van der Waals surface area contributed by atoms with Gasteiger partial charge in [-0.25, -0.2) is 29.3 Å². The van der Waals surface area contributed by atoms with Gasteiger partial charge in [0, 0.05) is 94.7 Å². The smallest absolute Gasteiger partial charge is 0.337 e. The summed E-state index contributed by atoms with van der Waals surface area (Å²) in [6.07, 6.45) is 11.2. The Bertz CT molecular complexity index is 3270. The minimum Gasteiger partial charge on any atom is -0.478 e. The molecule has 0 fully saturated rings. The fourth-order valence-corrected chi connectivity index (χ4v) is 10.1. The van der Waals surface area contributed by atoms with Crippen LogP contribution in [0.3, 0.4) is 0 Å². The molecule has 3 amide bonds. The minimum absolute atomic E-state index is 0.0916. The van der Waals surface area contributed by atoms with Crippen LogP contribution in [0.4, 0.5) is 17.5 Å². The number of carbonyl (C=O) groups excluding carboxylic acids is 3. The van der Waals surface area contributed by atoms with Crippen molar-refractivity contribution >= 4 is 69.0 Å². The van der Waals surface area contributed by atoms with E-state index in [1.165, 1.54) is 24.8 Å². The molecule has 326 valence electrons. The fourth-order valence-electron chi connectivity index (χ4n) is 9.81. The number of fused-ring (bicyclic) bond motifs is 9. The Balaban J connectivity index is 0.000000116. The van der Waals surface area contributed by atoms with Gasteiger partial charge < -0.3 is 31.3 Å². The van der Waals surface area contributed by atoms with E-state index in [4.69, 9.17) is 20.6 Å². The summed E-state index contributed by atoms with van der Waals surface area (Å²) in [6, 6.07) is 14.1. The number of carbonyl (C=O) groups is 6. The molecule has 0 aromatic carbocycles. The molecule has 0 bridgehead atoms. The molecule has 6 aliphatic rings. The van der Waals surface area contributed by atoms with Crippen molar-refractivity contribution in [3.05, 3.63) is 157 Å². The molecule has 12 rings (SSSR count). The van der Waals surface area contributed by atoms with E-state index in [0.717, 1.165) is 43.7 Å². The number of carboxylic acid groups (broad SMARTS) is 3. The van der Waals surface area contributed by atoms with Gasteiger partial charge >= 0.3 is 17.9 Å². The molecule has 6 N–H and O–H groups in total. The molecule has 9 heterocycles. The van der Waals surface area contributed by atoms with Gasteiger partial charge in [-0.05, 0) is 88.3 Å². The van der Waals surface area contributed by atoms with Crippen LogP contribution in [0.15, 0.2) is 84.1 Å². The third kappa shape index (κ3) is 6.53. The molecule has 3 spiro atoms. The van der Waals surface area contributed by atoms with Crippen LogP contribution >= 0.6 is 15.9 Å². The van der Waals surface area contributed by atoms with Gasteiger partial charge in [0.2, 0.25) is 17.7 Å². The second-order valence-corrected chi connectivity index (χ2v) is 17.7. The van der Waals surface area contributed by atoms with E-state index in [1.807, 2.05) is 18.2 Å². The Morgan fingerprint density at radius 3 is 1.39 bits per heavy atom. The topological polar surface area (TPSA) is 300 Å². The Labute approximate surface area is 380 Å². The number of hydrogen-bond donors (Lipinski definition) is 6. The van der Waals surface area contributed by atoms with E-state index >= 15 is 0 Å². The average molecular weight is 948 g/mol. The number of nitrogens with zero attached hydrogens (tertiary/aromatic N) is 7. The van der Waals surface area contributed by atoms with Crippen LogP contribution < -0.4 is 16.0 Å². The lowest BCUT2D eigenvalue weighted by Gasteiger charge is -2.20. The maximum Gasteiger partial charge on any atom is 0.337 e. The maximum absolute atomic E-state index is 12.6. The van der Waals surface area contributed by atoms with Gasteiger partial charge in [-0.3, -0.25) is 29.3 Å². The first kappa shape index (κ1) is 41.7. The second-order valence-electron chi connectivity index (χ2n) is 16.8. The lowest BCUT2D eigenvalue weighted by atomic mass is 9.79. The molecule has 6 aromatic rings. The van der Waals surface area contributed by atoms with Crippen LogP contribution in [0.25, 0.3) is 0 Å². The zero-order chi connectivity index (χ0) is 46.3. The van der Waals surface area contributed by atoms with Crippen molar-refractivity contribution in [2.24, 2.45) is 0 Å². The molecule has 0 saturated carbocycles. The summed E-state index contributed by atoms with van der Waals surface area (Å²) in [6.45, 7) is 0. The first-order chi connectivity index (χ1) is 31.6. The summed E-state index contributed by atoms with van der Waals surface area (Å²) in [4.78, 5) is 96.0. The van der Waals surface area contributed by atoms with E-state index in [2.05, 4.69) is 61.8 Å². The molecular weight excluding hydrogens is 916 g/mol. The minimum atomic E-state index is -1.05. The normalized spacial score (nSPS) is 21.4. The van der Waals surface area contributed by atoms with Crippen LogP contribution in [-0.4, -0.2) is 80.9 Å². The number of pyridine rings is 6. The summed E-state index contributed by atoms with van der Waals surface area (Å²) >= 11 is 3.39. The molecule has 3 aliphatic heterocycles. The number of nitriles is 1. The number of aromatic nitrogens is 6. The van der Waals surface area contributed by atoms with Gasteiger partial charge in [0.05, 0.1) is 38.5 Å². The zero-order valence-electron chi connectivity index (χ0n) is 34.0. The monoisotopic (exact) mass is 946 g/mol. The van der Waals surface area contributed by atoms with Gasteiger partial charge in [-0.2, -0.15) is 5.26 Å². The van der Waals surface area contributed by atoms with Crippen LogP contribution in [-0.2, 0) is 69.2 Å². The Kier molecular flexibility index (Phi) is 9.58. The predicted molar refractivity (Wildman–Crippen MR) is 232 cm³/mol. The van der Waals surface area contributed by atoms with Crippen LogP contribution in [0, 0.1) is 11.3 Å². The number of nitrogens with one attached hydrogen (secondary N) is 3. The van der Waals surface area contributed by atoms with Gasteiger partial charge in [-0.1, -0.05) is 6.07 Å². The van der Waals surface area contributed by atoms with Crippen molar-refractivity contribution in [1.29, 1.82) is 5.26 Å². The lowest BCUT2D eigenvalue weighted by Crippen LogP contribution is -2.35. The molecule has 3 aliphatic carbocycles. The van der Waals surface area contributed by atoms with Crippen molar-refractivity contribution < 1.29 is 44.1 Å². The van der Waals surface area contributed by atoms with Crippen LogP contribution in [0.2, 0.25) is 0 Å². The molecular formula is C46H31BrN10O9. The van der Waals surface area contributed by atoms with E-state index in [1.54, 1.807) is 42.7 Å². The first-order valence-electron chi connectivity index (χ1n) is 20.2. The van der Waals surface area contributed by atoms with Crippen molar-refractivity contribution in [3.8, 4) is 6.07 Å². The molecule has 66 heavy (non-hydrogen) atoms. The van der Waals surface area contributed by atoms with Crippen LogP contribution in [0.5, 0.6) is 0 Å². The number of anilines is 3. The number of rotatable bonds is 3. The molecule has 6 aromatic heterocycles. The lowest BCUT2D eigenvalue weighted by molar-refractivity contribution is -0.121. The molecule has 0 saturated heterocycles. The molecule has 19 nitrogen and oxygen atoms in total. The van der Waals surface area contributed by atoms with Crippen molar-refractivity contribution in [2.75, 3.05) is 16.0 Å². The number of hydrogen-bond acceptors (Lipinski definition) is 13. The fraction of sp³-hybridized carbons (Fsp3) is 0.196. The van der Waals surface area contributed by atoms with Crippen LogP contribution in [0.1, 0.15) is 87.1 Å². The van der Waals surface area contributed by atoms with Crippen molar-refractivity contribution in [1.82, 2.24) is 29.9 Å². The van der Waals surface area contributed by atoms with E-state index < -0.39 is 34.2 Å². The zero-order valence-corrected chi connectivity index (χ0v) is 35.6. The molecule has 0 unspecified atom stereocenters.